The van der Waals surface area contributed by atoms with Crippen molar-refractivity contribution >= 4 is 0 Å². The molecule has 0 bridgehead atoms. The molecule has 7 nitrogen and oxygen atoms in total. The summed E-state index contributed by atoms with van der Waals surface area (Å²) in [5.41, 5.74) is 3.24. The van der Waals surface area contributed by atoms with Gasteiger partial charge in [0.25, 0.3) is 0 Å². The van der Waals surface area contributed by atoms with Crippen LogP contribution in [0.1, 0.15) is 22.9 Å². The lowest BCUT2D eigenvalue weighted by Gasteiger charge is -2.32. The molecule has 0 aliphatic carbocycles. The van der Waals surface area contributed by atoms with Gasteiger partial charge in [-0.1, -0.05) is 17.4 Å². The van der Waals surface area contributed by atoms with Gasteiger partial charge >= 0.3 is 0 Å². The predicted octanol–water partition coefficient (Wildman–Crippen LogP) is 1.52. The number of aryl methyl sites for hydroxylation is 1. The standard InChI is InChI=1S/C17H23N5O2/c1-4-8-24-12-14-10-22(11-15-16(14)21(2)20-19-15)9-13-6-5-7-18-17(13)23-3/h4-7,14H,1,8-12H2,2-3H3. The fourth-order valence-corrected chi connectivity index (χ4v) is 3.21. The summed E-state index contributed by atoms with van der Waals surface area (Å²) in [6.45, 7) is 7.27. The van der Waals surface area contributed by atoms with Gasteiger partial charge in [0.1, 0.15) is 5.69 Å². The molecule has 24 heavy (non-hydrogen) atoms. The van der Waals surface area contributed by atoms with Gasteiger partial charge in [-0.05, 0) is 6.07 Å². The molecule has 7 heteroatoms. The minimum absolute atomic E-state index is 0.233. The molecular formula is C17H23N5O2. The second-order valence-electron chi connectivity index (χ2n) is 5.91. The Hall–Kier alpha value is -2.25. The van der Waals surface area contributed by atoms with Gasteiger partial charge in [-0.25, -0.2) is 4.98 Å². The van der Waals surface area contributed by atoms with Crippen LogP contribution in [0.2, 0.25) is 0 Å². The van der Waals surface area contributed by atoms with Crippen LogP contribution in [0, 0.1) is 0 Å². The van der Waals surface area contributed by atoms with Crippen LogP contribution in [-0.2, 0) is 24.9 Å². The number of ether oxygens (including phenoxy) is 2. The first-order valence-corrected chi connectivity index (χ1v) is 8.00. The molecule has 2 aromatic rings. The molecule has 1 aliphatic rings. The Morgan fingerprint density at radius 3 is 3.12 bits per heavy atom. The number of pyridine rings is 1. The molecule has 3 rings (SSSR count). The topological polar surface area (TPSA) is 65.3 Å². The third kappa shape index (κ3) is 3.47. The first-order valence-electron chi connectivity index (χ1n) is 8.00. The fourth-order valence-electron chi connectivity index (χ4n) is 3.21. The number of hydrogen-bond acceptors (Lipinski definition) is 6. The van der Waals surface area contributed by atoms with Gasteiger partial charge in [0.05, 0.1) is 26.0 Å². The molecule has 0 aromatic carbocycles. The number of aromatic nitrogens is 4. The van der Waals surface area contributed by atoms with Crippen LogP contribution in [0.4, 0.5) is 0 Å². The Morgan fingerprint density at radius 1 is 1.46 bits per heavy atom. The Balaban J connectivity index is 1.77. The average Bonchev–Trinajstić information content (AvgIpc) is 2.97. The van der Waals surface area contributed by atoms with E-state index in [-0.39, 0.29) is 5.92 Å². The van der Waals surface area contributed by atoms with E-state index in [0.717, 1.165) is 36.6 Å². The molecule has 0 saturated heterocycles. The predicted molar refractivity (Wildman–Crippen MR) is 89.7 cm³/mol. The van der Waals surface area contributed by atoms with Crippen molar-refractivity contribution in [1.29, 1.82) is 0 Å². The molecule has 0 N–H and O–H groups in total. The van der Waals surface area contributed by atoms with E-state index in [1.54, 1.807) is 19.4 Å². The zero-order chi connectivity index (χ0) is 16.9. The van der Waals surface area contributed by atoms with Crippen molar-refractivity contribution in [2.45, 2.75) is 19.0 Å². The van der Waals surface area contributed by atoms with Crippen LogP contribution in [0.3, 0.4) is 0 Å². The van der Waals surface area contributed by atoms with Crippen molar-refractivity contribution in [1.82, 2.24) is 24.9 Å². The summed E-state index contributed by atoms with van der Waals surface area (Å²) in [6.07, 6.45) is 3.51. The van der Waals surface area contributed by atoms with E-state index < -0.39 is 0 Å². The summed E-state index contributed by atoms with van der Waals surface area (Å²) in [5, 5.41) is 8.50. The lowest BCUT2D eigenvalue weighted by Crippen LogP contribution is -2.36. The second-order valence-corrected chi connectivity index (χ2v) is 5.91. The lowest BCUT2D eigenvalue weighted by atomic mass is 9.98. The summed E-state index contributed by atoms with van der Waals surface area (Å²) in [6, 6.07) is 3.97. The molecule has 3 heterocycles. The van der Waals surface area contributed by atoms with Crippen LogP contribution in [-0.4, -0.2) is 51.7 Å². The molecule has 0 fully saturated rings. The Morgan fingerprint density at radius 2 is 2.33 bits per heavy atom. The maximum absolute atomic E-state index is 5.70. The third-order valence-electron chi connectivity index (χ3n) is 4.17. The first-order chi connectivity index (χ1) is 11.7. The summed E-state index contributed by atoms with van der Waals surface area (Å²) < 4.78 is 12.9. The van der Waals surface area contributed by atoms with Gasteiger partial charge in [0.2, 0.25) is 5.88 Å². The minimum atomic E-state index is 0.233. The average molecular weight is 329 g/mol. The lowest BCUT2D eigenvalue weighted by molar-refractivity contribution is 0.111. The van der Waals surface area contributed by atoms with Crippen molar-refractivity contribution in [3.8, 4) is 5.88 Å². The summed E-state index contributed by atoms with van der Waals surface area (Å²) >= 11 is 0. The van der Waals surface area contributed by atoms with Gasteiger partial charge in [-0.15, -0.1) is 11.7 Å². The van der Waals surface area contributed by atoms with Gasteiger partial charge in [-0.3, -0.25) is 9.58 Å². The highest BCUT2D eigenvalue weighted by molar-refractivity contribution is 5.26. The minimum Gasteiger partial charge on any atom is -0.481 e. The van der Waals surface area contributed by atoms with Crippen LogP contribution >= 0.6 is 0 Å². The smallest absolute Gasteiger partial charge is 0.217 e. The summed E-state index contributed by atoms with van der Waals surface area (Å²) in [7, 11) is 3.58. The van der Waals surface area contributed by atoms with Gasteiger partial charge in [0, 0.05) is 44.4 Å². The van der Waals surface area contributed by atoms with Crippen molar-refractivity contribution in [3.05, 3.63) is 47.9 Å². The molecule has 128 valence electrons. The number of methoxy groups -OCH3 is 1. The van der Waals surface area contributed by atoms with Gasteiger partial charge in [0.15, 0.2) is 0 Å². The van der Waals surface area contributed by atoms with Gasteiger partial charge < -0.3 is 9.47 Å². The quantitative estimate of drug-likeness (QED) is 0.567. The molecule has 0 spiro atoms. The number of rotatable bonds is 7. The van der Waals surface area contributed by atoms with Crippen LogP contribution < -0.4 is 4.74 Å². The molecule has 1 aliphatic heterocycles. The molecule has 2 aromatic heterocycles. The van der Waals surface area contributed by atoms with E-state index in [9.17, 15) is 0 Å². The van der Waals surface area contributed by atoms with Gasteiger partial charge in [-0.2, -0.15) is 0 Å². The molecule has 1 atom stereocenters. The largest absolute Gasteiger partial charge is 0.481 e. The number of fused-ring (bicyclic) bond motifs is 1. The second kappa shape index (κ2) is 7.55. The first kappa shape index (κ1) is 16.6. The highest BCUT2D eigenvalue weighted by atomic mass is 16.5. The zero-order valence-electron chi connectivity index (χ0n) is 14.2. The molecular weight excluding hydrogens is 306 g/mol. The Labute approximate surface area is 141 Å². The van der Waals surface area contributed by atoms with Crippen molar-refractivity contribution in [3.63, 3.8) is 0 Å². The van der Waals surface area contributed by atoms with E-state index in [1.807, 2.05) is 23.9 Å². The zero-order valence-corrected chi connectivity index (χ0v) is 14.2. The van der Waals surface area contributed by atoms with E-state index >= 15 is 0 Å². The van der Waals surface area contributed by atoms with Crippen LogP contribution in [0.15, 0.2) is 31.0 Å². The molecule has 0 saturated carbocycles. The maximum Gasteiger partial charge on any atom is 0.217 e. The molecule has 1 unspecified atom stereocenters. The van der Waals surface area contributed by atoms with Crippen molar-refractivity contribution in [2.75, 3.05) is 26.9 Å². The third-order valence-corrected chi connectivity index (χ3v) is 4.17. The van der Waals surface area contributed by atoms with Crippen LogP contribution in [0.5, 0.6) is 5.88 Å². The SMILES string of the molecule is C=CCOCC1CN(Cc2cccnc2OC)Cc2nnn(C)c21. The Kier molecular flexibility index (Phi) is 5.22. The molecule has 0 radical (unpaired) electrons. The van der Waals surface area contributed by atoms with E-state index in [2.05, 4.69) is 26.8 Å². The van der Waals surface area contributed by atoms with E-state index in [4.69, 9.17) is 9.47 Å². The summed E-state index contributed by atoms with van der Waals surface area (Å²) in [4.78, 5) is 6.61. The van der Waals surface area contributed by atoms with E-state index in [1.165, 1.54) is 0 Å². The highest BCUT2D eigenvalue weighted by Crippen LogP contribution is 2.29. The van der Waals surface area contributed by atoms with Crippen molar-refractivity contribution < 1.29 is 9.47 Å². The van der Waals surface area contributed by atoms with Crippen LogP contribution in [0.25, 0.3) is 0 Å². The van der Waals surface area contributed by atoms with E-state index in [0.29, 0.717) is 19.1 Å². The monoisotopic (exact) mass is 329 g/mol. The highest BCUT2D eigenvalue weighted by Gasteiger charge is 2.30. The summed E-state index contributed by atoms with van der Waals surface area (Å²) in [5.74, 6) is 0.901. The normalized spacial score (nSPS) is 17.5. The molecule has 0 amide bonds. The fraction of sp³-hybridized carbons (Fsp3) is 0.471. The maximum atomic E-state index is 5.70. The Bertz CT molecular complexity index is 700. The van der Waals surface area contributed by atoms with Crippen molar-refractivity contribution in [2.24, 2.45) is 7.05 Å². The number of hydrogen-bond donors (Lipinski definition) is 0. The number of nitrogens with zero attached hydrogens (tertiary/aromatic N) is 5.